The summed E-state index contributed by atoms with van der Waals surface area (Å²) in [5.41, 5.74) is 0.0390. The Hall–Kier alpha value is -3.28. The first kappa shape index (κ1) is 17.5. The smallest absolute Gasteiger partial charge is 0.235 e. The summed E-state index contributed by atoms with van der Waals surface area (Å²) < 4.78 is 22.0. The molecule has 2 aromatic carbocycles. The van der Waals surface area contributed by atoms with Crippen molar-refractivity contribution >= 4 is 16.8 Å². The zero-order valence-corrected chi connectivity index (χ0v) is 14.5. The maximum atomic E-state index is 12.7. The van der Waals surface area contributed by atoms with Gasteiger partial charge in [-0.15, -0.1) is 0 Å². The lowest BCUT2D eigenvalue weighted by molar-refractivity contribution is -0.118. The molecule has 0 saturated heterocycles. The van der Waals surface area contributed by atoms with Gasteiger partial charge in [0.25, 0.3) is 0 Å². The average molecular weight is 354 g/mol. The quantitative estimate of drug-likeness (QED) is 0.639. The van der Waals surface area contributed by atoms with Crippen LogP contribution < -0.4 is 19.6 Å². The van der Waals surface area contributed by atoms with Gasteiger partial charge < -0.3 is 18.6 Å². The molecule has 0 spiro atoms. The molecular weight excluding hydrogens is 336 g/mol. The number of benzene rings is 2. The van der Waals surface area contributed by atoms with Crippen molar-refractivity contribution in [3.05, 3.63) is 59.0 Å². The monoisotopic (exact) mass is 354 g/mol. The number of Topliss-reactive ketones (excluding diaryl/α,β-unsaturated/α-hetero) is 1. The number of hydrogen-bond acceptors (Lipinski definition) is 6. The predicted molar refractivity (Wildman–Crippen MR) is 96.3 cm³/mol. The third-order valence-corrected chi connectivity index (χ3v) is 3.53. The number of ketones is 1. The molecule has 0 amide bonds. The number of ether oxygens (including phenoxy) is 3. The molecule has 26 heavy (non-hydrogen) atoms. The van der Waals surface area contributed by atoms with Crippen molar-refractivity contribution in [2.75, 3.05) is 13.2 Å². The predicted octanol–water partition coefficient (Wildman–Crippen LogP) is 3.95. The van der Waals surface area contributed by atoms with Crippen LogP contribution in [0.1, 0.15) is 13.8 Å². The zero-order valence-electron chi connectivity index (χ0n) is 14.5. The van der Waals surface area contributed by atoms with Crippen LogP contribution >= 0.6 is 0 Å². The van der Waals surface area contributed by atoms with E-state index in [1.807, 2.05) is 13.0 Å². The fourth-order valence-electron chi connectivity index (χ4n) is 2.36. The summed E-state index contributed by atoms with van der Waals surface area (Å²) in [6, 6.07) is 11.9. The minimum atomic E-state index is -0.310. The summed E-state index contributed by atoms with van der Waals surface area (Å²) in [5, 5.41) is 0.353. The fraction of sp³-hybridized carbons (Fsp3) is 0.200. The number of carbonyl (C=O) groups excluding carboxylic acids is 1. The van der Waals surface area contributed by atoms with Gasteiger partial charge in [0.15, 0.2) is 17.3 Å². The maximum Gasteiger partial charge on any atom is 0.235 e. The maximum absolute atomic E-state index is 12.7. The van der Waals surface area contributed by atoms with Crippen molar-refractivity contribution in [1.82, 2.24) is 0 Å². The van der Waals surface area contributed by atoms with E-state index in [4.69, 9.17) is 18.6 Å². The van der Waals surface area contributed by atoms with Gasteiger partial charge in [-0.2, -0.15) is 0 Å². The molecule has 0 saturated carbocycles. The molecule has 0 unspecified atom stereocenters. The molecule has 0 aliphatic carbocycles. The van der Waals surface area contributed by atoms with Crippen molar-refractivity contribution < 1.29 is 23.4 Å². The van der Waals surface area contributed by atoms with Crippen LogP contribution in [0.5, 0.6) is 23.0 Å². The van der Waals surface area contributed by atoms with Crippen molar-refractivity contribution in [1.29, 1.82) is 0 Å². The van der Waals surface area contributed by atoms with Crippen molar-refractivity contribution in [3.63, 3.8) is 0 Å². The third kappa shape index (κ3) is 3.85. The summed E-state index contributed by atoms with van der Waals surface area (Å²) in [6.45, 7) is 3.75. The van der Waals surface area contributed by atoms with Crippen LogP contribution in [0.15, 0.2) is 57.9 Å². The average Bonchev–Trinajstić information content (AvgIpc) is 2.64. The molecule has 6 nitrogen and oxygen atoms in total. The van der Waals surface area contributed by atoms with E-state index in [2.05, 4.69) is 0 Å². The third-order valence-electron chi connectivity index (χ3n) is 3.53. The van der Waals surface area contributed by atoms with Gasteiger partial charge >= 0.3 is 0 Å². The minimum Gasteiger partial charge on any atom is -0.490 e. The fourth-order valence-corrected chi connectivity index (χ4v) is 2.36. The first-order chi connectivity index (χ1) is 12.6. The van der Waals surface area contributed by atoms with Gasteiger partial charge in [0, 0.05) is 6.07 Å². The molecule has 134 valence electrons. The Labute approximate surface area is 149 Å². The summed E-state index contributed by atoms with van der Waals surface area (Å²) in [7, 11) is 0. The first-order valence-corrected chi connectivity index (χ1v) is 8.16. The highest BCUT2D eigenvalue weighted by molar-refractivity contribution is 5.80. The second kappa shape index (κ2) is 7.74. The van der Waals surface area contributed by atoms with E-state index in [1.165, 1.54) is 13.2 Å². The molecule has 0 N–H and O–H groups in total. The van der Waals surface area contributed by atoms with Crippen LogP contribution in [0.25, 0.3) is 11.0 Å². The number of carbonyl (C=O) groups is 1. The Morgan fingerprint density at radius 1 is 1.04 bits per heavy atom. The van der Waals surface area contributed by atoms with E-state index < -0.39 is 0 Å². The van der Waals surface area contributed by atoms with Gasteiger partial charge in [-0.05, 0) is 38.1 Å². The summed E-state index contributed by atoms with van der Waals surface area (Å²) in [4.78, 5) is 23.7. The Morgan fingerprint density at radius 3 is 2.54 bits per heavy atom. The van der Waals surface area contributed by atoms with Crippen LogP contribution in [0.3, 0.4) is 0 Å². The highest BCUT2D eigenvalue weighted by Crippen LogP contribution is 2.31. The second-order valence-corrected chi connectivity index (χ2v) is 5.56. The molecule has 3 aromatic rings. The standard InChI is InChI=1S/C20H18O6/c1-3-23-16-6-4-5-7-17(16)26-19-12-25-18-10-14(24-11-13(2)21)8-9-15(18)20(19)22/h4-10,12H,3,11H2,1-2H3. The molecule has 3 rings (SSSR count). The molecule has 0 aliphatic heterocycles. The Kier molecular flexibility index (Phi) is 5.22. The largest absolute Gasteiger partial charge is 0.490 e. The van der Waals surface area contributed by atoms with Gasteiger partial charge in [-0.1, -0.05) is 12.1 Å². The van der Waals surface area contributed by atoms with E-state index in [0.717, 1.165) is 0 Å². The van der Waals surface area contributed by atoms with Gasteiger partial charge in [0.05, 0.1) is 12.0 Å². The van der Waals surface area contributed by atoms with Crippen LogP contribution in [-0.4, -0.2) is 19.0 Å². The molecule has 1 aromatic heterocycles. The number of para-hydroxylation sites is 2. The molecule has 0 atom stereocenters. The van der Waals surface area contributed by atoms with E-state index in [9.17, 15) is 9.59 Å². The molecule has 0 radical (unpaired) electrons. The highest BCUT2D eigenvalue weighted by atomic mass is 16.5. The van der Waals surface area contributed by atoms with Crippen LogP contribution in [-0.2, 0) is 4.79 Å². The van der Waals surface area contributed by atoms with Crippen LogP contribution in [0.2, 0.25) is 0 Å². The second-order valence-electron chi connectivity index (χ2n) is 5.56. The number of fused-ring (bicyclic) bond motifs is 1. The van der Waals surface area contributed by atoms with E-state index in [-0.39, 0.29) is 23.6 Å². The Balaban J connectivity index is 1.91. The van der Waals surface area contributed by atoms with Crippen molar-refractivity contribution in [2.24, 2.45) is 0 Å². The molecule has 0 aliphatic rings. The van der Waals surface area contributed by atoms with Gasteiger partial charge in [0.1, 0.15) is 24.2 Å². The lowest BCUT2D eigenvalue weighted by Crippen LogP contribution is -2.08. The van der Waals surface area contributed by atoms with Gasteiger partial charge in [-0.25, -0.2) is 0 Å². The normalized spacial score (nSPS) is 10.5. The number of rotatable bonds is 7. The van der Waals surface area contributed by atoms with Gasteiger partial charge in [-0.3, -0.25) is 9.59 Å². The molecule has 1 heterocycles. The highest BCUT2D eigenvalue weighted by Gasteiger charge is 2.12. The van der Waals surface area contributed by atoms with E-state index >= 15 is 0 Å². The van der Waals surface area contributed by atoms with Crippen LogP contribution in [0.4, 0.5) is 0 Å². The van der Waals surface area contributed by atoms with E-state index in [0.29, 0.717) is 34.8 Å². The van der Waals surface area contributed by atoms with Gasteiger partial charge in [0.2, 0.25) is 11.2 Å². The minimum absolute atomic E-state index is 0.0366. The Morgan fingerprint density at radius 2 is 1.81 bits per heavy atom. The van der Waals surface area contributed by atoms with E-state index in [1.54, 1.807) is 36.4 Å². The molecular formula is C20H18O6. The Bertz CT molecular complexity index is 989. The van der Waals surface area contributed by atoms with Crippen molar-refractivity contribution in [3.8, 4) is 23.0 Å². The molecule has 0 bridgehead atoms. The molecule has 0 fully saturated rings. The SMILES string of the molecule is CCOc1ccccc1Oc1coc2cc(OCC(C)=O)ccc2c1=O. The van der Waals surface area contributed by atoms with Crippen molar-refractivity contribution in [2.45, 2.75) is 13.8 Å². The number of hydrogen-bond donors (Lipinski definition) is 0. The summed E-state index contributed by atoms with van der Waals surface area (Å²) in [5.74, 6) is 1.39. The topological polar surface area (TPSA) is 75.0 Å². The molecule has 6 heteroatoms. The first-order valence-electron chi connectivity index (χ1n) is 8.16. The lowest BCUT2D eigenvalue weighted by atomic mass is 10.2. The summed E-state index contributed by atoms with van der Waals surface area (Å²) >= 11 is 0. The zero-order chi connectivity index (χ0) is 18.5. The van der Waals surface area contributed by atoms with Crippen LogP contribution in [0, 0.1) is 0 Å². The lowest BCUT2D eigenvalue weighted by Gasteiger charge is -2.11. The summed E-state index contributed by atoms with van der Waals surface area (Å²) in [6.07, 6.45) is 1.25.